The lowest BCUT2D eigenvalue weighted by Gasteiger charge is -2.10. The van der Waals surface area contributed by atoms with Gasteiger partial charge in [-0.05, 0) is 25.5 Å². The van der Waals surface area contributed by atoms with E-state index in [0.29, 0.717) is 12.3 Å². The first-order valence-electron chi connectivity index (χ1n) is 6.43. The first-order valence-corrected chi connectivity index (χ1v) is 7.31. The number of nitrogens with zero attached hydrogens (tertiary/aromatic N) is 2. The number of aromatic nitrogens is 2. The second-order valence-corrected chi connectivity index (χ2v) is 5.22. The molecule has 0 radical (unpaired) electrons. The molecule has 0 saturated heterocycles. The van der Waals surface area contributed by atoms with Crippen molar-refractivity contribution >= 4 is 17.2 Å². The van der Waals surface area contributed by atoms with Crippen molar-refractivity contribution in [1.82, 2.24) is 15.3 Å². The third-order valence-corrected chi connectivity index (χ3v) is 3.47. The van der Waals surface area contributed by atoms with E-state index in [2.05, 4.69) is 15.3 Å². The van der Waals surface area contributed by atoms with E-state index in [4.69, 9.17) is 4.74 Å². The highest BCUT2D eigenvalue weighted by Gasteiger charge is 2.07. The lowest BCUT2D eigenvalue weighted by Crippen LogP contribution is -2.28. The Bertz CT molecular complexity index is 570. The Kier molecular flexibility index (Phi) is 5.06. The Morgan fingerprint density at radius 1 is 1.45 bits per heavy atom. The summed E-state index contributed by atoms with van der Waals surface area (Å²) < 4.78 is 5.52. The van der Waals surface area contributed by atoms with Crippen molar-refractivity contribution in [2.75, 3.05) is 6.61 Å². The van der Waals surface area contributed by atoms with Gasteiger partial charge < -0.3 is 10.1 Å². The SMILES string of the molecule is CCc1nc(C)ccc1OCC(=O)NCc1nccs1. The molecule has 0 atom stereocenters. The number of nitrogens with one attached hydrogen (secondary N) is 1. The van der Waals surface area contributed by atoms with Gasteiger partial charge in [-0.25, -0.2) is 4.98 Å². The molecule has 0 aliphatic heterocycles. The van der Waals surface area contributed by atoms with E-state index < -0.39 is 0 Å². The molecule has 2 aromatic rings. The van der Waals surface area contributed by atoms with Gasteiger partial charge in [0.25, 0.3) is 5.91 Å². The summed E-state index contributed by atoms with van der Waals surface area (Å²) in [5.74, 6) is 0.505. The standard InChI is InChI=1S/C14H17N3O2S/c1-3-11-12(5-4-10(2)17-11)19-9-13(18)16-8-14-15-6-7-20-14/h4-7H,3,8-9H2,1-2H3,(H,16,18). The van der Waals surface area contributed by atoms with Crippen LogP contribution >= 0.6 is 11.3 Å². The molecule has 0 aliphatic rings. The molecule has 2 rings (SSSR count). The minimum Gasteiger partial charge on any atom is -0.482 e. The van der Waals surface area contributed by atoms with Gasteiger partial charge in [-0.3, -0.25) is 9.78 Å². The maximum absolute atomic E-state index is 11.7. The number of rotatable bonds is 6. The molecule has 20 heavy (non-hydrogen) atoms. The maximum Gasteiger partial charge on any atom is 0.258 e. The predicted molar refractivity (Wildman–Crippen MR) is 77.8 cm³/mol. The summed E-state index contributed by atoms with van der Waals surface area (Å²) in [7, 11) is 0. The Hall–Kier alpha value is -1.95. The second-order valence-electron chi connectivity index (χ2n) is 4.24. The predicted octanol–water partition coefficient (Wildman–Crippen LogP) is 2.10. The smallest absolute Gasteiger partial charge is 0.258 e. The minimum atomic E-state index is -0.164. The van der Waals surface area contributed by atoms with Gasteiger partial charge >= 0.3 is 0 Å². The van der Waals surface area contributed by atoms with Crippen LogP contribution in [-0.2, 0) is 17.8 Å². The van der Waals surface area contributed by atoms with Crippen LogP contribution in [0.25, 0.3) is 0 Å². The summed E-state index contributed by atoms with van der Waals surface area (Å²) in [6.45, 7) is 4.37. The van der Waals surface area contributed by atoms with Gasteiger partial charge in [0.15, 0.2) is 6.61 Å². The number of carbonyl (C=O) groups excluding carboxylic acids is 1. The number of pyridine rings is 1. The fourth-order valence-corrected chi connectivity index (χ4v) is 2.25. The monoisotopic (exact) mass is 291 g/mol. The van der Waals surface area contributed by atoms with Gasteiger partial charge in [-0.1, -0.05) is 6.92 Å². The van der Waals surface area contributed by atoms with E-state index in [9.17, 15) is 4.79 Å². The molecule has 0 bridgehead atoms. The lowest BCUT2D eigenvalue weighted by atomic mass is 10.2. The molecule has 2 aromatic heterocycles. The van der Waals surface area contributed by atoms with E-state index in [0.717, 1.165) is 22.8 Å². The fraction of sp³-hybridized carbons (Fsp3) is 0.357. The van der Waals surface area contributed by atoms with Gasteiger partial charge in [0.1, 0.15) is 10.8 Å². The zero-order chi connectivity index (χ0) is 14.4. The van der Waals surface area contributed by atoms with Crippen LogP contribution in [0.1, 0.15) is 23.3 Å². The van der Waals surface area contributed by atoms with Crippen molar-refractivity contribution < 1.29 is 9.53 Å². The Balaban J connectivity index is 1.84. The molecule has 2 heterocycles. The van der Waals surface area contributed by atoms with Gasteiger partial charge in [0, 0.05) is 17.3 Å². The first-order chi connectivity index (χ1) is 9.69. The highest BCUT2D eigenvalue weighted by atomic mass is 32.1. The largest absolute Gasteiger partial charge is 0.482 e. The summed E-state index contributed by atoms with van der Waals surface area (Å²) in [6.07, 6.45) is 2.49. The third-order valence-electron chi connectivity index (χ3n) is 2.69. The van der Waals surface area contributed by atoms with E-state index in [-0.39, 0.29) is 12.5 Å². The molecule has 0 aliphatic carbocycles. The van der Waals surface area contributed by atoms with Crippen LogP contribution in [0.5, 0.6) is 5.75 Å². The van der Waals surface area contributed by atoms with Crippen LogP contribution in [-0.4, -0.2) is 22.5 Å². The molecule has 0 aromatic carbocycles. The number of aryl methyl sites for hydroxylation is 2. The molecule has 0 fully saturated rings. The molecule has 0 spiro atoms. The van der Waals surface area contributed by atoms with Gasteiger partial charge in [0.2, 0.25) is 0 Å². The number of amides is 1. The van der Waals surface area contributed by atoms with Crippen molar-refractivity contribution in [2.45, 2.75) is 26.8 Å². The average molecular weight is 291 g/mol. The molecule has 1 N–H and O–H groups in total. The van der Waals surface area contributed by atoms with Crippen LogP contribution < -0.4 is 10.1 Å². The zero-order valence-electron chi connectivity index (χ0n) is 11.5. The second kappa shape index (κ2) is 7.00. The van der Waals surface area contributed by atoms with Crippen LogP contribution in [0, 0.1) is 6.92 Å². The first kappa shape index (κ1) is 14.5. The maximum atomic E-state index is 11.7. The molecule has 6 heteroatoms. The van der Waals surface area contributed by atoms with Crippen molar-refractivity contribution in [2.24, 2.45) is 0 Å². The van der Waals surface area contributed by atoms with Gasteiger partial charge in [-0.15, -0.1) is 11.3 Å². The number of ether oxygens (including phenoxy) is 1. The van der Waals surface area contributed by atoms with Crippen LogP contribution in [0.3, 0.4) is 0 Å². The fourth-order valence-electron chi connectivity index (χ4n) is 1.69. The van der Waals surface area contributed by atoms with E-state index in [1.54, 1.807) is 6.20 Å². The molecular weight excluding hydrogens is 274 g/mol. The molecular formula is C14H17N3O2S. The number of hydrogen-bond acceptors (Lipinski definition) is 5. The van der Waals surface area contributed by atoms with Crippen molar-refractivity contribution in [3.63, 3.8) is 0 Å². The molecule has 106 valence electrons. The summed E-state index contributed by atoms with van der Waals surface area (Å²) in [6, 6.07) is 3.73. The third kappa shape index (κ3) is 4.03. The van der Waals surface area contributed by atoms with Gasteiger partial charge in [0.05, 0.1) is 12.2 Å². The lowest BCUT2D eigenvalue weighted by molar-refractivity contribution is -0.123. The zero-order valence-corrected chi connectivity index (χ0v) is 12.4. The highest BCUT2D eigenvalue weighted by Crippen LogP contribution is 2.17. The number of thiazole rings is 1. The highest BCUT2D eigenvalue weighted by molar-refractivity contribution is 7.09. The average Bonchev–Trinajstić information content (AvgIpc) is 2.97. The molecule has 1 amide bonds. The Labute approximate surface area is 122 Å². The van der Waals surface area contributed by atoms with Crippen LogP contribution in [0.2, 0.25) is 0 Å². The van der Waals surface area contributed by atoms with Crippen LogP contribution in [0.15, 0.2) is 23.7 Å². The summed E-state index contributed by atoms with van der Waals surface area (Å²) >= 11 is 1.51. The molecule has 0 unspecified atom stereocenters. The van der Waals surface area contributed by atoms with Crippen molar-refractivity contribution in [3.8, 4) is 5.75 Å². The molecule has 0 saturated carbocycles. The Morgan fingerprint density at radius 3 is 3.00 bits per heavy atom. The summed E-state index contributed by atoms with van der Waals surface area (Å²) in [5, 5.41) is 5.53. The van der Waals surface area contributed by atoms with Crippen molar-refractivity contribution in [1.29, 1.82) is 0 Å². The minimum absolute atomic E-state index is 0.0108. The van der Waals surface area contributed by atoms with E-state index >= 15 is 0 Å². The van der Waals surface area contributed by atoms with Gasteiger partial charge in [-0.2, -0.15) is 0 Å². The van der Waals surface area contributed by atoms with Crippen LogP contribution in [0.4, 0.5) is 0 Å². The topological polar surface area (TPSA) is 64.1 Å². The number of carbonyl (C=O) groups is 1. The van der Waals surface area contributed by atoms with Crippen molar-refractivity contribution in [3.05, 3.63) is 40.1 Å². The quantitative estimate of drug-likeness (QED) is 0.885. The normalized spacial score (nSPS) is 10.3. The number of hydrogen-bond donors (Lipinski definition) is 1. The Morgan fingerprint density at radius 2 is 2.30 bits per heavy atom. The summed E-state index contributed by atoms with van der Waals surface area (Å²) in [4.78, 5) is 20.2. The van der Waals surface area contributed by atoms with E-state index in [1.807, 2.05) is 31.4 Å². The summed E-state index contributed by atoms with van der Waals surface area (Å²) in [5.41, 5.74) is 1.82. The molecule has 5 nitrogen and oxygen atoms in total. The van der Waals surface area contributed by atoms with E-state index in [1.165, 1.54) is 11.3 Å².